The fourth-order valence-electron chi connectivity index (χ4n) is 3.38. The molecule has 1 saturated carbocycles. The molecule has 1 aromatic carbocycles. The summed E-state index contributed by atoms with van der Waals surface area (Å²) in [7, 11) is 0. The van der Waals surface area contributed by atoms with Gasteiger partial charge in [0, 0.05) is 12.6 Å². The van der Waals surface area contributed by atoms with Gasteiger partial charge in [0.25, 0.3) is 0 Å². The monoisotopic (exact) mass is 287 g/mol. The quantitative estimate of drug-likeness (QED) is 0.728. The minimum atomic E-state index is 0.250. The molecule has 118 valence electrons. The van der Waals surface area contributed by atoms with E-state index in [9.17, 15) is 0 Å². The lowest BCUT2D eigenvalue weighted by molar-refractivity contribution is 0.336. The maximum atomic E-state index is 3.75. The summed E-state index contributed by atoms with van der Waals surface area (Å²) < 4.78 is 0. The molecular weight excluding hydrogens is 254 g/mol. The van der Waals surface area contributed by atoms with E-state index in [0.29, 0.717) is 6.04 Å². The highest BCUT2D eigenvalue weighted by Gasteiger charge is 2.18. The summed E-state index contributed by atoms with van der Waals surface area (Å²) >= 11 is 0. The predicted octanol–water partition coefficient (Wildman–Crippen LogP) is 5.43. The van der Waals surface area contributed by atoms with Crippen molar-refractivity contribution in [1.82, 2.24) is 5.32 Å². The minimum Gasteiger partial charge on any atom is -0.310 e. The number of rotatable bonds is 4. The van der Waals surface area contributed by atoms with E-state index in [2.05, 4.69) is 57.3 Å². The maximum absolute atomic E-state index is 3.75. The Bertz CT molecular complexity index is 404. The van der Waals surface area contributed by atoms with Crippen LogP contribution in [-0.2, 0) is 12.0 Å². The lowest BCUT2D eigenvalue weighted by atomic mass is 9.86. The van der Waals surface area contributed by atoms with Crippen LogP contribution in [0.5, 0.6) is 0 Å². The minimum absolute atomic E-state index is 0.250. The van der Waals surface area contributed by atoms with Crippen molar-refractivity contribution in [3.05, 3.63) is 35.4 Å². The first-order valence-corrected chi connectivity index (χ1v) is 8.79. The van der Waals surface area contributed by atoms with Crippen LogP contribution in [0.15, 0.2) is 24.3 Å². The Morgan fingerprint density at radius 3 is 2.10 bits per heavy atom. The van der Waals surface area contributed by atoms with Gasteiger partial charge in [0.2, 0.25) is 0 Å². The first-order valence-electron chi connectivity index (χ1n) is 8.79. The van der Waals surface area contributed by atoms with Gasteiger partial charge in [-0.2, -0.15) is 0 Å². The molecule has 1 fully saturated rings. The molecule has 0 heterocycles. The molecule has 0 bridgehead atoms. The maximum Gasteiger partial charge on any atom is 0.0208 e. The molecule has 1 nitrogen and oxygen atoms in total. The van der Waals surface area contributed by atoms with Gasteiger partial charge in [-0.15, -0.1) is 0 Å². The fraction of sp³-hybridized carbons (Fsp3) is 0.700. The van der Waals surface area contributed by atoms with Crippen LogP contribution in [0.3, 0.4) is 0 Å². The Labute approximate surface area is 131 Å². The van der Waals surface area contributed by atoms with Crippen molar-refractivity contribution in [1.29, 1.82) is 0 Å². The van der Waals surface area contributed by atoms with Crippen LogP contribution in [0.2, 0.25) is 0 Å². The molecule has 0 amide bonds. The standard InChI is InChI=1S/C20H33N/c1-16(18-9-7-5-6-8-10-18)21-15-17-11-13-19(14-12-17)20(2,3)4/h11-14,16,18,21H,5-10,15H2,1-4H3/t16-/m1/s1. The van der Waals surface area contributed by atoms with Crippen molar-refractivity contribution >= 4 is 0 Å². The Kier molecular flexibility index (Phi) is 5.87. The highest BCUT2D eigenvalue weighted by molar-refractivity contribution is 5.27. The van der Waals surface area contributed by atoms with Gasteiger partial charge in [-0.3, -0.25) is 0 Å². The van der Waals surface area contributed by atoms with Crippen LogP contribution in [0.1, 0.15) is 77.3 Å². The summed E-state index contributed by atoms with van der Waals surface area (Å²) in [5, 5.41) is 3.75. The number of hydrogen-bond acceptors (Lipinski definition) is 1. The van der Waals surface area contributed by atoms with Gasteiger partial charge in [-0.05, 0) is 42.2 Å². The number of benzene rings is 1. The van der Waals surface area contributed by atoms with Gasteiger partial charge in [0.15, 0.2) is 0 Å². The molecule has 0 aromatic heterocycles. The van der Waals surface area contributed by atoms with Crippen LogP contribution in [-0.4, -0.2) is 6.04 Å². The van der Waals surface area contributed by atoms with E-state index < -0.39 is 0 Å². The van der Waals surface area contributed by atoms with Crippen LogP contribution < -0.4 is 5.32 Å². The van der Waals surface area contributed by atoms with Crippen molar-refractivity contribution in [2.24, 2.45) is 5.92 Å². The average molecular weight is 287 g/mol. The van der Waals surface area contributed by atoms with Gasteiger partial charge in [-0.25, -0.2) is 0 Å². The van der Waals surface area contributed by atoms with Gasteiger partial charge in [-0.1, -0.05) is 70.7 Å². The second-order valence-corrected chi connectivity index (χ2v) is 7.87. The summed E-state index contributed by atoms with van der Waals surface area (Å²) in [6.07, 6.45) is 8.57. The SMILES string of the molecule is C[C@@H](NCc1ccc(C(C)(C)C)cc1)C1CCCCCC1. The fourth-order valence-corrected chi connectivity index (χ4v) is 3.38. The van der Waals surface area contributed by atoms with E-state index >= 15 is 0 Å². The van der Waals surface area contributed by atoms with Gasteiger partial charge in [0.1, 0.15) is 0 Å². The Balaban J connectivity index is 1.84. The lowest BCUT2D eigenvalue weighted by Crippen LogP contribution is -2.32. The van der Waals surface area contributed by atoms with E-state index in [1.165, 1.54) is 49.7 Å². The molecule has 0 saturated heterocycles. The van der Waals surface area contributed by atoms with Gasteiger partial charge >= 0.3 is 0 Å². The molecule has 1 N–H and O–H groups in total. The Morgan fingerprint density at radius 1 is 1.00 bits per heavy atom. The Morgan fingerprint density at radius 2 is 1.57 bits per heavy atom. The molecule has 0 aliphatic heterocycles. The third-order valence-corrected chi connectivity index (χ3v) is 5.06. The summed E-state index contributed by atoms with van der Waals surface area (Å²) in [5.74, 6) is 0.876. The van der Waals surface area contributed by atoms with Crippen molar-refractivity contribution in [3.8, 4) is 0 Å². The molecular formula is C20H33N. The van der Waals surface area contributed by atoms with E-state index in [1.807, 2.05) is 0 Å². The highest BCUT2D eigenvalue weighted by Crippen LogP contribution is 2.26. The molecule has 1 heteroatoms. The third kappa shape index (κ3) is 5.14. The second-order valence-electron chi connectivity index (χ2n) is 7.87. The summed E-state index contributed by atoms with van der Waals surface area (Å²) in [5.41, 5.74) is 3.08. The largest absolute Gasteiger partial charge is 0.310 e. The zero-order valence-electron chi connectivity index (χ0n) is 14.4. The van der Waals surface area contributed by atoms with E-state index in [0.717, 1.165) is 12.5 Å². The zero-order chi connectivity index (χ0) is 15.3. The molecule has 0 radical (unpaired) electrons. The smallest absolute Gasteiger partial charge is 0.0208 e. The first kappa shape index (κ1) is 16.5. The van der Waals surface area contributed by atoms with Crippen molar-refractivity contribution in [3.63, 3.8) is 0 Å². The molecule has 0 spiro atoms. The van der Waals surface area contributed by atoms with Crippen LogP contribution in [0, 0.1) is 5.92 Å². The lowest BCUT2D eigenvalue weighted by Gasteiger charge is -2.24. The van der Waals surface area contributed by atoms with Crippen molar-refractivity contribution in [2.75, 3.05) is 0 Å². The summed E-state index contributed by atoms with van der Waals surface area (Å²) in [4.78, 5) is 0. The van der Waals surface area contributed by atoms with Crippen molar-refractivity contribution in [2.45, 2.75) is 84.2 Å². The van der Waals surface area contributed by atoms with Crippen LogP contribution in [0.4, 0.5) is 0 Å². The number of nitrogens with one attached hydrogen (secondary N) is 1. The first-order chi connectivity index (χ1) is 9.97. The third-order valence-electron chi connectivity index (χ3n) is 5.06. The summed E-state index contributed by atoms with van der Waals surface area (Å²) in [6, 6.07) is 9.78. The van der Waals surface area contributed by atoms with E-state index in [1.54, 1.807) is 0 Å². The average Bonchev–Trinajstić information content (AvgIpc) is 2.73. The normalized spacial score (nSPS) is 19.2. The Hall–Kier alpha value is -0.820. The number of hydrogen-bond donors (Lipinski definition) is 1. The topological polar surface area (TPSA) is 12.0 Å². The van der Waals surface area contributed by atoms with Crippen molar-refractivity contribution < 1.29 is 0 Å². The predicted molar refractivity (Wildman–Crippen MR) is 92.6 cm³/mol. The molecule has 1 aromatic rings. The van der Waals surface area contributed by atoms with Crippen LogP contribution in [0.25, 0.3) is 0 Å². The van der Waals surface area contributed by atoms with E-state index in [4.69, 9.17) is 0 Å². The van der Waals surface area contributed by atoms with Gasteiger partial charge < -0.3 is 5.32 Å². The molecule has 1 atom stereocenters. The molecule has 21 heavy (non-hydrogen) atoms. The highest BCUT2D eigenvalue weighted by atomic mass is 14.9. The molecule has 1 aliphatic carbocycles. The van der Waals surface area contributed by atoms with Gasteiger partial charge in [0.05, 0.1) is 0 Å². The molecule has 1 aliphatic rings. The molecule has 2 rings (SSSR count). The molecule has 0 unspecified atom stereocenters. The second kappa shape index (κ2) is 7.45. The zero-order valence-corrected chi connectivity index (χ0v) is 14.4. The summed E-state index contributed by atoms with van der Waals surface area (Å²) in [6.45, 7) is 10.2. The van der Waals surface area contributed by atoms with Crippen LogP contribution >= 0.6 is 0 Å². The van der Waals surface area contributed by atoms with E-state index in [-0.39, 0.29) is 5.41 Å².